The van der Waals surface area contributed by atoms with Crippen molar-refractivity contribution in [3.05, 3.63) is 45.4 Å². The molecule has 21 heavy (non-hydrogen) atoms. The molecular formula is C13H11ClN2O4S. The molecule has 0 aliphatic heterocycles. The Kier molecular flexibility index (Phi) is 5.13. The van der Waals surface area contributed by atoms with E-state index in [9.17, 15) is 9.59 Å². The molecule has 1 aromatic heterocycles. The molecule has 1 aromatic carbocycles. The molecule has 1 amide bonds. The van der Waals surface area contributed by atoms with Gasteiger partial charge in [-0.25, -0.2) is 9.78 Å². The fourth-order valence-corrected chi connectivity index (χ4v) is 2.32. The molecule has 0 aliphatic carbocycles. The number of carboxylic acid groups (broad SMARTS) is 1. The fraction of sp³-hybridized carbons (Fsp3) is 0.154. The number of aromatic nitrogens is 1. The summed E-state index contributed by atoms with van der Waals surface area (Å²) in [5.41, 5.74) is -0.0310. The molecule has 0 spiro atoms. The highest BCUT2D eigenvalue weighted by Crippen LogP contribution is 2.22. The van der Waals surface area contributed by atoms with Crippen LogP contribution in [-0.2, 0) is 11.3 Å². The van der Waals surface area contributed by atoms with Gasteiger partial charge in [0.25, 0.3) is 5.91 Å². The number of nitrogens with one attached hydrogen (secondary N) is 1. The number of carbonyl (C=O) groups is 2. The van der Waals surface area contributed by atoms with Gasteiger partial charge in [-0.05, 0) is 12.1 Å². The molecule has 0 saturated heterocycles. The average molecular weight is 327 g/mol. The maximum Gasteiger partial charge on any atom is 0.355 e. The van der Waals surface area contributed by atoms with Crippen molar-refractivity contribution >= 4 is 34.8 Å². The third kappa shape index (κ3) is 4.44. The lowest BCUT2D eigenvalue weighted by atomic mass is 10.3. The minimum absolute atomic E-state index is 0.0310. The second kappa shape index (κ2) is 7.05. The molecule has 2 aromatic rings. The van der Waals surface area contributed by atoms with Crippen molar-refractivity contribution in [3.63, 3.8) is 0 Å². The van der Waals surface area contributed by atoms with Gasteiger partial charge < -0.3 is 15.2 Å². The quantitative estimate of drug-likeness (QED) is 0.849. The van der Waals surface area contributed by atoms with Gasteiger partial charge in [-0.15, -0.1) is 11.3 Å². The highest BCUT2D eigenvalue weighted by atomic mass is 35.5. The number of para-hydroxylation sites is 1. The zero-order chi connectivity index (χ0) is 15.2. The molecule has 0 radical (unpaired) electrons. The number of halogens is 1. The van der Waals surface area contributed by atoms with Gasteiger partial charge in [0.2, 0.25) is 0 Å². The van der Waals surface area contributed by atoms with Gasteiger partial charge in [-0.1, -0.05) is 23.7 Å². The van der Waals surface area contributed by atoms with Crippen molar-refractivity contribution in [1.29, 1.82) is 0 Å². The van der Waals surface area contributed by atoms with Crippen LogP contribution in [0.2, 0.25) is 5.02 Å². The van der Waals surface area contributed by atoms with Crippen LogP contribution in [-0.4, -0.2) is 28.6 Å². The van der Waals surface area contributed by atoms with Gasteiger partial charge in [-0.3, -0.25) is 4.79 Å². The first-order chi connectivity index (χ1) is 10.1. The smallest absolute Gasteiger partial charge is 0.355 e. The molecular weight excluding hydrogens is 316 g/mol. The molecule has 0 aliphatic rings. The first-order valence-electron chi connectivity index (χ1n) is 5.88. The summed E-state index contributed by atoms with van der Waals surface area (Å²) in [6.45, 7) is -0.0242. The normalized spacial score (nSPS) is 10.1. The lowest BCUT2D eigenvalue weighted by Crippen LogP contribution is -2.28. The second-order valence-corrected chi connectivity index (χ2v) is 5.28. The highest BCUT2D eigenvalue weighted by molar-refractivity contribution is 7.09. The molecule has 2 N–H and O–H groups in total. The van der Waals surface area contributed by atoms with Crippen LogP contribution in [0.4, 0.5) is 0 Å². The van der Waals surface area contributed by atoms with Crippen LogP contribution in [0.3, 0.4) is 0 Å². The zero-order valence-electron chi connectivity index (χ0n) is 10.7. The predicted octanol–water partition coefficient (Wildman–Crippen LogP) is 2.19. The standard InChI is InChI=1S/C13H11ClN2O4S/c14-8-3-1-2-4-10(8)20-6-11(17)15-5-12-16-9(7-21-12)13(18)19/h1-4,7H,5-6H2,(H,15,17)(H,18,19). The number of nitrogens with zero attached hydrogens (tertiary/aromatic N) is 1. The molecule has 6 nitrogen and oxygen atoms in total. The van der Waals surface area contributed by atoms with E-state index in [1.54, 1.807) is 24.3 Å². The average Bonchev–Trinajstić information content (AvgIpc) is 2.93. The monoisotopic (exact) mass is 326 g/mol. The molecule has 2 rings (SSSR count). The number of carboxylic acids is 1. The van der Waals surface area contributed by atoms with E-state index < -0.39 is 5.97 Å². The third-order valence-corrected chi connectivity index (χ3v) is 3.56. The summed E-state index contributed by atoms with van der Waals surface area (Å²) in [5, 5.41) is 13.7. The van der Waals surface area contributed by atoms with Gasteiger partial charge >= 0.3 is 5.97 Å². The molecule has 1 heterocycles. The molecule has 0 saturated carbocycles. The van der Waals surface area contributed by atoms with E-state index in [0.717, 1.165) is 0 Å². The fourth-order valence-electron chi connectivity index (χ4n) is 1.42. The largest absolute Gasteiger partial charge is 0.482 e. The van der Waals surface area contributed by atoms with E-state index in [4.69, 9.17) is 21.4 Å². The summed E-state index contributed by atoms with van der Waals surface area (Å²) in [6, 6.07) is 6.84. The van der Waals surface area contributed by atoms with E-state index in [1.165, 1.54) is 16.7 Å². The van der Waals surface area contributed by atoms with E-state index in [-0.39, 0.29) is 24.8 Å². The number of amides is 1. The second-order valence-electron chi connectivity index (χ2n) is 3.93. The van der Waals surface area contributed by atoms with Gasteiger partial charge in [0.05, 0.1) is 11.6 Å². The summed E-state index contributed by atoms with van der Waals surface area (Å²) in [7, 11) is 0. The number of carbonyl (C=O) groups excluding carboxylic acids is 1. The van der Waals surface area contributed by atoms with Crippen molar-refractivity contribution in [2.45, 2.75) is 6.54 Å². The maximum atomic E-state index is 11.6. The Morgan fingerprint density at radius 2 is 2.14 bits per heavy atom. The summed E-state index contributed by atoms with van der Waals surface area (Å²) >= 11 is 7.06. The molecule has 0 fully saturated rings. The van der Waals surface area contributed by atoms with Crippen LogP contribution >= 0.6 is 22.9 Å². The number of ether oxygens (including phenoxy) is 1. The van der Waals surface area contributed by atoms with Crippen molar-refractivity contribution in [1.82, 2.24) is 10.3 Å². The number of thiazole rings is 1. The predicted molar refractivity (Wildman–Crippen MR) is 77.9 cm³/mol. The zero-order valence-corrected chi connectivity index (χ0v) is 12.3. The van der Waals surface area contributed by atoms with Crippen molar-refractivity contribution < 1.29 is 19.4 Å². The topological polar surface area (TPSA) is 88.5 Å². The first-order valence-corrected chi connectivity index (χ1v) is 7.13. The van der Waals surface area contributed by atoms with Gasteiger partial charge in [-0.2, -0.15) is 0 Å². The van der Waals surface area contributed by atoms with Crippen molar-refractivity contribution in [3.8, 4) is 5.75 Å². The maximum absolute atomic E-state index is 11.6. The van der Waals surface area contributed by atoms with Crippen molar-refractivity contribution in [2.75, 3.05) is 6.61 Å². The van der Waals surface area contributed by atoms with Crippen molar-refractivity contribution in [2.24, 2.45) is 0 Å². The van der Waals surface area contributed by atoms with Crippen LogP contribution in [0.5, 0.6) is 5.75 Å². The van der Waals surface area contributed by atoms with Crippen LogP contribution < -0.4 is 10.1 Å². The minimum Gasteiger partial charge on any atom is -0.482 e. The SMILES string of the molecule is O=C(COc1ccccc1Cl)NCc1nc(C(=O)O)cs1. The number of benzene rings is 1. The highest BCUT2D eigenvalue weighted by Gasteiger charge is 2.10. The Bertz CT molecular complexity index is 659. The molecule has 0 atom stereocenters. The molecule has 110 valence electrons. The van der Waals surface area contributed by atoms with Crippen LogP contribution in [0, 0.1) is 0 Å². The van der Waals surface area contributed by atoms with Crippen LogP contribution in [0.25, 0.3) is 0 Å². The van der Waals surface area contributed by atoms with Gasteiger partial charge in [0.1, 0.15) is 10.8 Å². The summed E-state index contributed by atoms with van der Waals surface area (Å²) < 4.78 is 5.28. The van der Waals surface area contributed by atoms with Crippen LogP contribution in [0.15, 0.2) is 29.6 Å². The third-order valence-electron chi connectivity index (χ3n) is 2.40. The number of hydrogen-bond acceptors (Lipinski definition) is 5. The van der Waals surface area contributed by atoms with Gasteiger partial charge in [0, 0.05) is 5.38 Å². The Hall–Kier alpha value is -2.12. The first kappa shape index (κ1) is 15.3. The Morgan fingerprint density at radius 1 is 1.38 bits per heavy atom. The number of aromatic carboxylic acids is 1. The minimum atomic E-state index is -1.09. The van der Waals surface area contributed by atoms with E-state index >= 15 is 0 Å². The Morgan fingerprint density at radius 3 is 2.81 bits per heavy atom. The number of hydrogen-bond donors (Lipinski definition) is 2. The molecule has 8 heteroatoms. The lowest BCUT2D eigenvalue weighted by Gasteiger charge is -2.07. The Balaban J connectivity index is 1.79. The lowest BCUT2D eigenvalue weighted by molar-refractivity contribution is -0.123. The summed E-state index contributed by atoms with van der Waals surface area (Å²) in [5.74, 6) is -1.01. The molecule has 0 unspecified atom stereocenters. The van der Waals surface area contributed by atoms with E-state index in [1.807, 2.05) is 0 Å². The van der Waals surface area contributed by atoms with E-state index in [0.29, 0.717) is 15.8 Å². The summed E-state index contributed by atoms with van der Waals surface area (Å²) in [4.78, 5) is 26.1. The van der Waals surface area contributed by atoms with Gasteiger partial charge in [0.15, 0.2) is 12.3 Å². The van der Waals surface area contributed by atoms with E-state index in [2.05, 4.69) is 10.3 Å². The number of rotatable bonds is 6. The molecule has 0 bridgehead atoms. The summed E-state index contributed by atoms with van der Waals surface area (Å²) in [6.07, 6.45) is 0. The Labute approximate surface area is 129 Å². The van der Waals surface area contributed by atoms with Crippen LogP contribution in [0.1, 0.15) is 15.5 Å².